The predicted octanol–water partition coefficient (Wildman–Crippen LogP) is 3.40. The maximum atomic E-state index is 12.1. The molecule has 0 radical (unpaired) electrons. The van der Waals surface area contributed by atoms with Gasteiger partial charge in [0.1, 0.15) is 5.01 Å². The second-order valence-corrected chi connectivity index (χ2v) is 7.14. The van der Waals surface area contributed by atoms with E-state index in [1.54, 1.807) is 11.3 Å². The number of para-hydroxylation sites is 1. The number of aromatic nitrogens is 1. The van der Waals surface area contributed by atoms with Crippen LogP contribution < -0.4 is 10.6 Å². The number of carbonyl (C=O) groups excluding carboxylic acids is 1. The second kappa shape index (κ2) is 8.09. The Balaban J connectivity index is 1.53. The van der Waals surface area contributed by atoms with E-state index in [0.717, 1.165) is 15.2 Å². The number of carbonyl (C=O) groups is 1. The van der Waals surface area contributed by atoms with E-state index in [2.05, 4.69) is 32.7 Å². The highest BCUT2D eigenvalue weighted by atomic mass is 32.1. The zero-order chi connectivity index (χ0) is 17.6. The molecule has 2 amide bonds. The van der Waals surface area contributed by atoms with Crippen molar-refractivity contribution in [2.45, 2.75) is 12.6 Å². The van der Waals surface area contributed by atoms with Crippen LogP contribution in [0.5, 0.6) is 0 Å². The smallest absolute Gasteiger partial charge is 0.315 e. The van der Waals surface area contributed by atoms with Crippen molar-refractivity contribution >= 4 is 27.6 Å². The van der Waals surface area contributed by atoms with Gasteiger partial charge in [-0.05, 0) is 31.8 Å². The van der Waals surface area contributed by atoms with E-state index in [0.29, 0.717) is 13.1 Å². The Labute approximate surface area is 151 Å². The van der Waals surface area contributed by atoms with Gasteiger partial charge in [-0.25, -0.2) is 9.78 Å². The molecule has 2 aromatic carbocycles. The average Bonchev–Trinajstić information content (AvgIpc) is 3.04. The van der Waals surface area contributed by atoms with E-state index >= 15 is 0 Å². The van der Waals surface area contributed by atoms with Crippen LogP contribution in [0.2, 0.25) is 0 Å². The highest BCUT2D eigenvalue weighted by Crippen LogP contribution is 2.21. The Bertz CT molecular complexity index is 799. The van der Waals surface area contributed by atoms with Gasteiger partial charge >= 0.3 is 6.03 Å². The topological polar surface area (TPSA) is 57.3 Å². The van der Waals surface area contributed by atoms with Gasteiger partial charge in [0.25, 0.3) is 0 Å². The van der Waals surface area contributed by atoms with Crippen LogP contribution in [0.4, 0.5) is 4.79 Å². The predicted molar refractivity (Wildman–Crippen MR) is 103 cm³/mol. The van der Waals surface area contributed by atoms with Crippen molar-refractivity contribution in [1.82, 2.24) is 20.5 Å². The zero-order valence-corrected chi connectivity index (χ0v) is 15.2. The molecule has 0 bridgehead atoms. The number of hydrogen-bond donors (Lipinski definition) is 2. The average molecular weight is 354 g/mol. The van der Waals surface area contributed by atoms with E-state index < -0.39 is 0 Å². The Morgan fingerprint density at radius 1 is 1.08 bits per heavy atom. The van der Waals surface area contributed by atoms with Gasteiger partial charge in [0.2, 0.25) is 0 Å². The molecule has 1 atom stereocenters. The minimum atomic E-state index is -0.179. The van der Waals surface area contributed by atoms with Crippen LogP contribution in [0.25, 0.3) is 10.2 Å². The lowest BCUT2D eigenvalue weighted by Crippen LogP contribution is -2.40. The van der Waals surface area contributed by atoms with Gasteiger partial charge in [0.05, 0.1) is 22.8 Å². The maximum Gasteiger partial charge on any atom is 0.315 e. The first-order valence-electron chi connectivity index (χ1n) is 8.21. The molecule has 1 aromatic heterocycles. The van der Waals surface area contributed by atoms with Crippen molar-refractivity contribution in [2.24, 2.45) is 0 Å². The summed E-state index contributed by atoms with van der Waals surface area (Å²) in [5.74, 6) is 0. The Morgan fingerprint density at radius 2 is 1.80 bits per heavy atom. The fourth-order valence-corrected chi connectivity index (χ4v) is 3.58. The summed E-state index contributed by atoms with van der Waals surface area (Å²) in [5.41, 5.74) is 2.15. The monoisotopic (exact) mass is 354 g/mol. The highest BCUT2D eigenvalue weighted by molar-refractivity contribution is 7.18. The molecule has 1 unspecified atom stereocenters. The molecule has 130 valence electrons. The number of amides is 2. The van der Waals surface area contributed by atoms with Crippen LogP contribution >= 0.6 is 11.3 Å². The molecule has 0 fully saturated rings. The van der Waals surface area contributed by atoms with Gasteiger partial charge in [-0.1, -0.05) is 42.5 Å². The van der Waals surface area contributed by atoms with Gasteiger partial charge in [-0.3, -0.25) is 0 Å². The fourth-order valence-electron chi connectivity index (χ4n) is 2.68. The molecule has 5 nitrogen and oxygen atoms in total. The minimum Gasteiger partial charge on any atom is -0.336 e. The Hall–Kier alpha value is -2.44. The first-order chi connectivity index (χ1) is 12.1. The van der Waals surface area contributed by atoms with Crippen molar-refractivity contribution in [2.75, 3.05) is 20.6 Å². The zero-order valence-electron chi connectivity index (χ0n) is 14.4. The first-order valence-corrected chi connectivity index (χ1v) is 9.02. The van der Waals surface area contributed by atoms with Crippen molar-refractivity contribution in [3.63, 3.8) is 0 Å². The third-order valence-electron chi connectivity index (χ3n) is 4.00. The van der Waals surface area contributed by atoms with Crippen LogP contribution in [0.3, 0.4) is 0 Å². The van der Waals surface area contributed by atoms with Crippen molar-refractivity contribution in [3.05, 3.63) is 65.2 Å². The van der Waals surface area contributed by atoms with Crippen LogP contribution in [0.1, 0.15) is 16.6 Å². The van der Waals surface area contributed by atoms with E-state index in [1.807, 2.05) is 56.6 Å². The number of nitrogens with zero attached hydrogens (tertiary/aromatic N) is 2. The van der Waals surface area contributed by atoms with Gasteiger partial charge < -0.3 is 15.5 Å². The van der Waals surface area contributed by atoms with Crippen LogP contribution in [0.15, 0.2) is 54.6 Å². The fraction of sp³-hybridized carbons (Fsp3) is 0.263. The number of nitrogens with one attached hydrogen (secondary N) is 2. The Morgan fingerprint density at radius 3 is 2.52 bits per heavy atom. The number of fused-ring (bicyclic) bond motifs is 1. The van der Waals surface area contributed by atoms with Gasteiger partial charge in [0, 0.05) is 6.54 Å². The molecule has 0 saturated heterocycles. The largest absolute Gasteiger partial charge is 0.336 e. The third kappa shape index (κ3) is 4.55. The number of thiazole rings is 1. The first kappa shape index (κ1) is 17.4. The van der Waals surface area contributed by atoms with E-state index in [9.17, 15) is 4.79 Å². The third-order valence-corrected chi connectivity index (χ3v) is 5.04. The van der Waals surface area contributed by atoms with E-state index in [1.165, 1.54) is 5.56 Å². The number of likely N-dealkylation sites (N-methyl/N-ethyl adjacent to an activating group) is 1. The number of rotatable bonds is 6. The summed E-state index contributed by atoms with van der Waals surface area (Å²) in [6.07, 6.45) is 0. The summed E-state index contributed by atoms with van der Waals surface area (Å²) in [7, 11) is 4.02. The molecule has 2 N–H and O–H groups in total. The normalized spacial score (nSPS) is 12.3. The van der Waals surface area contributed by atoms with Gasteiger partial charge in [-0.15, -0.1) is 11.3 Å². The maximum absolute atomic E-state index is 12.1. The molecule has 0 aliphatic heterocycles. The molecule has 3 aromatic rings. The summed E-state index contributed by atoms with van der Waals surface area (Å²) >= 11 is 1.60. The SMILES string of the molecule is CN(C)C(CNC(=O)NCc1nc2ccccc2s1)c1ccccc1. The second-order valence-electron chi connectivity index (χ2n) is 6.03. The van der Waals surface area contributed by atoms with Crippen molar-refractivity contribution < 1.29 is 4.79 Å². The molecular weight excluding hydrogens is 332 g/mol. The summed E-state index contributed by atoms with van der Waals surface area (Å²) in [4.78, 5) is 18.7. The molecule has 0 aliphatic carbocycles. The van der Waals surface area contributed by atoms with E-state index in [-0.39, 0.29) is 12.1 Å². The van der Waals surface area contributed by atoms with Crippen LogP contribution in [-0.2, 0) is 6.54 Å². The molecule has 0 spiro atoms. The summed E-state index contributed by atoms with van der Waals surface area (Å²) in [6, 6.07) is 18.1. The lowest BCUT2D eigenvalue weighted by Gasteiger charge is -2.25. The lowest BCUT2D eigenvalue weighted by atomic mass is 10.1. The summed E-state index contributed by atoms with van der Waals surface area (Å²) in [5, 5.41) is 6.74. The molecule has 3 rings (SSSR count). The van der Waals surface area contributed by atoms with Gasteiger partial charge in [0.15, 0.2) is 0 Å². The minimum absolute atomic E-state index is 0.134. The number of hydrogen-bond acceptors (Lipinski definition) is 4. The van der Waals surface area contributed by atoms with Crippen LogP contribution in [0, 0.1) is 0 Å². The standard InChI is InChI=1S/C19H22N4OS/c1-23(2)16(14-8-4-3-5-9-14)12-20-19(24)21-13-18-22-15-10-6-7-11-17(15)25-18/h3-11,16H,12-13H2,1-2H3,(H2,20,21,24). The summed E-state index contributed by atoms with van der Waals surface area (Å²) in [6.45, 7) is 0.978. The van der Waals surface area contributed by atoms with Crippen molar-refractivity contribution in [1.29, 1.82) is 0 Å². The molecule has 25 heavy (non-hydrogen) atoms. The quantitative estimate of drug-likeness (QED) is 0.713. The molecule has 6 heteroatoms. The summed E-state index contributed by atoms with van der Waals surface area (Å²) < 4.78 is 1.14. The molecule has 0 aliphatic rings. The van der Waals surface area contributed by atoms with Gasteiger partial charge in [-0.2, -0.15) is 0 Å². The van der Waals surface area contributed by atoms with Crippen LogP contribution in [-0.4, -0.2) is 36.6 Å². The molecule has 1 heterocycles. The highest BCUT2D eigenvalue weighted by Gasteiger charge is 2.15. The number of benzene rings is 2. The Kier molecular flexibility index (Phi) is 5.63. The number of urea groups is 1. The van der Waals surface area contributed by atoms with Crippen molar-refractivity contribution in [3.8, 4) is 0 Å². The molecule has 0 saturated carbocycles. The molecular formula is C19H22N4OS. The van der Waals surface area contributed by atoms with E-state index in [4.69, 9.17) is 0 Å². The lowest BCUT2D eigenvalue weighted by molar-refractivity contribution is 0.232.